The maximum Gasteiger partial charge on any atom is 0.325 e. The molecule has 1 unspecified atom stereocenters. The number of carbonyl (C=O) groups is 2. The van der Waals surface area contributed by atoms with Gasteiger partial charge in [0.1, 0.15) is 12.3 Å². The molecule has 3 rings (SSSR count). The molecule has 0 aromatic heterocycles. The smallest absolute Gasteiger partial charge is 0.325 e. The van der Waals surface area contributed by atoms with Crippen LogP contribution >= 0.6 is 0 Å². The number of amides is 2. The van der Waals surface area contributed by atoms with Crippen LogP contribution in [0.2, 0.25) is 18.1 Å². The molecule has 0 bridgehead atoms. The van der Waals surface area contributed by atoms with E-state index in [9.17, 15) is 19.8 Å². The van der Waals surface area contributed by atoms with Gasteiger partial charge >= 0.3 is 6.03 Å². The summed E-state index contributed by atoms with van der Waals surface area (Å²) in [7, 11) is -2.53. The number of aliphatic hydroxyl groups excluding tert-OH is 1. The highest BCUT2D eigenvalue weighted by atomic mass is 28.3. The molecule has 512 valence electrons. The minimum Gasteiger partial charge on any atom is -0.490 e. The van der Waals surface area contributed by atoms with Crippen LogP contribution in [-0.4, -0.2) is 84.6 Å². The maximum atomic E-state index is 14.9. The molecule has 2 aliphatic rings. The fourth-order valence-corrected chi connectivity index (χ4v) is 16.1. The van der Waals surface area contributed by atoms with Gasteiger partial charge in [-0.05, 0) is 42.5 Å². The second kappa shape index (κ2) is 48.1. The number of ketones is 1. The average molecular weight is 1250 g/mol. The summed E-state index contributed by atoms with van der Waals surface area (Å²) in [6.45, 7) is 18.5. The summed E-state index contributed by atoms with van der Waals surface area (Å²) in [5.41, 5.74) is 5.28. The van der Waals surface area contributed by atoms with Gasteiger partial charge in [-0.15, -0.1) is 0 Å². The highest BCUT2D eigenvalue weighted by molar-refractivity contribution is 6.83. The van der Waals surface area contributed by atoms with Gasteiger partial charge in [-0.2, -0.15) is 0 Å². The van der Waals surface area contributed by atoms with Crippen molar-refractivity contribution in [3.63, 3.8) is 0 Å². The minimum absolute atomic E-state index is 0.124. The first-order valence-corrected chi connectivity index (χ1v) is 40.8. The molecule has 12 heteroatoms. The van der Waals surface area contributed by atoms with Gasteiger partial charge < -0.3 is 34.5 Å². The van der Waals surface area contributed by atoms with Crippen LogP contribution in [-0.2, 0) is 4.74 Å². The molecular formula is C76H141N3O8Si. The lowest BCUT2D eigenvalue weighted by Gasteiger charge is -2.49. The molecule has 88 heavy (non-hydrogen) atoms. The largest absolute Gasteiger partial charge is 0.490 e. The van der Waals surface area contributed by atoms with Crippen molar-refractivity contribution >= 4 is 19.9 Å². The van der Waals surface area contributed by atoms with Crippen LogP contribution in [0.15, 0.2) is 24.4 Å². The van der Waals surface area contributed by atoms with Crippen LogP contribution < -0.4 is 25.3 Å². The predicted octanol–water partition coefficient (Wildman–Crippen LogP) is 21.9. The molecular weight excluding hydrogens is 1110 g/mol. The van der Waals surface area contributed by atoms with Crippen molar-refractivity contribution in [2.24, 2.45) is 5.73 Å². The lowest BCUT2D eigenvalue weighted by molar-refractivity contribution is -0.0660. The van der Waals surface area contributed by atoms with Gasteiger partial charge in [0.15, 0.2) is 17.2 Å². The third kappa shape index (κ3) is 31.3. The SMILES string of the molecule is CCCCCCCCCCCCCCCCCCOc1cc(C(=O)C2(N)C=CN([C@H]3C[C@@](O)([Si](C)(C)C(C)(C)C)[C@@H](CO)O3)C(=O)N2)cc(OCCCCCCCCCCCCCCCCCC)c1OCCCCCCCCCCCCCCCCCC. The van der Waals surface area contributed by atoms with E-state index in [0.29, 0.717) is 37.1 Å². The van der Waals surface area contributed by atoms with Crippen LogP contribution in [0.25, 0.3) is 0 Å². The molecule has 0 spiro atoms. The third-order valence-electron chi connectivity index (χ3n) is 20.2. The van der Waals surface area contributed by atoms with Crippen molar-refractivity contribution < 1.29 is 38.7 Å². The summed E-state index contributed by atoms with van der Waals surface area (Å²) < 4.78 is 26.3. The first-order chi connectivity index (χ1) is 42.6. The predicted molar refractivity (Wildman–Crippen MR) is 375 cm³/mol. The summed E-state index contributed by atoms with van der Waals surface area (Å²) in [6.07, 6.45) is 63.5. The number of Topliss-reactive ketones (excluding diaryl/α,β-unsaturated/α-hetero) is 1. The molecule has 2 amide bonds. The second-order valence-corrected chi connectivity index (χ2v) is 34.5. The van der Waals surface area contributed by atoms with E-state index in [1.807, 2.05) is 0 Å². The van der Waals surface area contributed by atoms with Crippen LogP contribution in [0.1, 0.15) is 367 Å². The van der Waals surface area contributed by atoms with E-state index in [1.54, 1.807) is 12.1 Å². The molecule has 4 atom stereocenters. The monoisotopic (exact) mass is 1250 g/mol. The van der Waals surface area contributed by atoms with Gasteiger partial charge in [0.05, 0.1) is 39.7 Å². The molecule has 11 nitrogen and oxygen atoms in total. The van der Waals surface area contributed by atoms with Crippen LogP contribution in [0, 0.1) is 0 Å². The Hall–Kier alpha value is -2.64. The van der Waals surface area contributed by atoms with E-state index in [2.05, 4.69) is 60.0 Å². The zero-order chi connectivity index (χ0) is 64.0. The number of urea groups is 1. The van der Waals surface area contributed by atoms with Crippen molar-refractivity contribution in [2.45, 2.75) is 398 Å². The molecule has 0 aliphatic carbocycles. The van der Waals surface area contributed by atoms with Gasteiger partial charge in [-0.3, -0.25) is 15.4 Å². The maximum absolute atomic E-state index is 14.9. The summed E-state index contributed by atoms with van der Waals surface area (Å²) in [6, 6.07) is 2.83. The molecule has 1 aromatic rings. The molecule has 0 saturated carbocycles. The number of nitrogens with two attached hydrogens (primary N) is 1. The topological polar surface area (TPSA) is 153 Å². The van der Waals surface area contributed by atoms with Gasteiger partial charge in [0.25, 0.3) is 0 Å². The van der Waals surface area contributed by atoms with Crippen molar-refractivity contribution in [3.05, 3.63) is 30.0 Å². The Bertz CT molecular complexity index is 1880. The number of aliphatic hydroxyl groups is 2. The highest BCUT2D eigenvalue weighted by Gasteiger charge is 2.62. The van der Waals surface area contributed by atoms with E-state index in [-0.39, 0.29) is 23.6 Å². The fraction of sp³-hybridized carbons (Fsp3) is 0.868. The molecule has 1 saturated heterocycles. The summed E-state index contributed by atoms with van der Waals surface area (Å²) >= 11 is 0. The highest BCUT2D eigenvalue weighted by Crippen LogP contribution is 2.50. The quantitative estimate of drug-likeness (QED) is 0.0284. The minimum atomic E-state index is -2.53. The second-order valence-electron chi connectivity index (χ2n) is 28.9. The number of nitrogens with one attached hydrogen (secondary N) is 1. The Balaban J connectivity index is 1.71. The number of hydrogen-bond donors (Lipinski definition) is 4. The number of unbranched alkanes of at least 4 members (excludes halogenated alkanes) is 45. The van der Waals surface area contributed by atoms with Crippen LogP contribution in [0.3, 0.4) is 0 Å². The Morgan fingerprint density at radius 1 is 0.545 bits per heavy atom. The Kier molecular flexibility index (Phi) is 43.5. The van der Waals surface area contributed by atoms with E-state index >= 15 is 0 Å². The normalized spacial score (nSPS) is 18.8. The number of benzene rings is 1. The van der Waals surface area contributed by atoms with Gasteiger partial charge in [-0.25, -0.2) is 4.79 Å². The zero-order valence-corrected chi connectivity index (χ0v) is 59.8. The number of nitrogens with zero attached hydrogens (tertiary/aromatic N) is 1. The van der Waals surface area contributed by atoms with Crippen molar-refractivity contribution in [1.82, 2.24) is 10.2 Å². The number of hydrogen-bond acceptors (Lipinski definition) is 9. The molecule has 1 aromatic carbocycles. The number of rotatable bonds is 59. The zero-order valence-electron chi connectivity index (χ0n) is 58.8. The number of carbonyl (C=O) groups excluding carboxylic acids is 2. The Morgan fingerprint density at radius 2 is 0.841 bits per heavy atom. The summed E-state index contributed by atoms with van der Waals surface area (Å²) in [5.74, 6) is 0.929. The van der Waals surface area contributed by atoms with Crippen molar-refractivity contribution in [1.29, 1.82) is 0 Å². The first kappa shape index (κ1) is 79.6. The number of ether oxygens (including phenoxy) is 4. The van der Waals surface area contributed by atoms with Gasteiger partial charge in [0, 0.05) is 18.2 Å². The summed E-state index contributed by atoms with van der Waals surface area (Å²) in [4.78, 5) is 30.4. The van der Waals surface area contributed by atoms with Crippen molar-refractivity contribution in [2.75, 3.05) is 26.4 Å². The van der Waals surface area contributed by atoms with E-state index < -0.39 is 43.1 Å². The lowest BCUT2D eigenvalue weighted by Crippen LogP contribution is -2.66. The standard InChI is InChI=1S/C76H141N3O8Si/c1-9-12-15-18-21-24-27-30-33-36-39-42-45-48-51-54-59-84-67-62-66(72(81)75(77)57-58-79(73(82)78-75)70-64-76(83,69(65-80)87-70)88(7,8)74(4,5)6)63-68(85-60-55-52-49-46-43-40-37-34-31-28-25-22-19-16-13-10-2)71(67)86-61-56-53-50-47-44-41-38-35-32-29-26-23-20-17-14-11-3/h57-58,62-63,69-70,80,83H,9-56,59-61,64-65,77H2,1-8H3,(H,78,82)/t69-,70-,75?,76-/m1/s1. The van der Waals surface area contributed by atoms with Crippen LogP contribution in [0.5, 0.6) is 17.2 Å². The van der Waals surface area contributed by atoms with E-state index in [0.717, 1.165) is 51.4 Å². The van der Waals surface area contributed by atoms with Crippen LogP contribution in [0.4, 0.5) is 4.79 Å². The van der Waals surface area contributed by atoms with Crippen molar-refractivity contribution in [3.8, 4) is 17.2 Å². The molecule has 2 heterocycles. The summed E-state index contributed by atoms with van der Waals surface area (Å²) in [5, 5.41) is 24.0. The van der Waals surface area contributed by atoms with E-state index in [1.165, 1.54) is 274 Å². The first-order valence-electron chi connectivity index (χ1n) is 37.8. The third-order valence-corrected chi connectivity index (χ3v) is 26.7. The average Bonchev–Trinajstić information content (AvgIpc) is 1.71. The molecule has 0 radical (unpaired) electrons. The molecule has 5 N–H and O–H groups in total. The van der Waals surface area contributed by atoms with Gasteiger partial charge in [-0.1, -0.05) is 344 Å². The Labute approximate surface area is 543 Å². The molecule has 2 aliphatic heterocycles. The van der Waals surface area contributed by atoms with Gasteiger partial charge in [0.2, 0.25) is 11.5 Å². The lowest BCUT2D eigenvalue weighted by atomic mass is 9.96. The van der Waals surface area contributed by atoms with E-state index in [4.69, 9.17) is 24.7 Å². The Morgan fingerprint density at radius 3 is 1.12 bits per heavy atom. The fourth-order valence-electron chi connectivity index (χ4n) is 13.1. The molecule has 1 fully saturated rings.